The van der Waals surface area contributed by atoms with Gasteiger partial charge in [-0.05, 0) is 44.4 Å². The number of H-pyrrole nitrogens is 1. The van der Waals surface area contributed by atoms with Gasteiger partial charge in [-0.15, -0.1) is 0 Å². The van der Waals surface area contributed by atoms with E-state index in [1.54, 1.807) is 29.2 Å². The van der Waals surface area contributed by atoms with Gasteiger partial charge >= 0.3 is 0 Å². The van der Waals surface area contributed by atoms with E-state index < -0.39 is 0 Å². The molecule has 0 atom stereocenters. The van der Waals surface area contributed by atoms with E-state index in [4.69, 9.17) is 9.47 Å². The van der Waals surface area contributed by atoms with E-state index >= 15 is 0 Å². The average molecular weight is 488 g/mol. The van der Waals surface area contributed by atoms with Crippen molar-refractivity contribution in [3.8, 4) is 17.0 Å². The molecule has 1 aromatic carbocycles. The number of rotatable bonds is 4. The van der Waals surface area contributed by atoms with Gasteiger partial charge in [0, 0.05) is 42.2 Å². The van der Waals surface area contributed by atoms with Crippen LogP contribution in [-0.2, 0) is 18.4 Å². The number of nitrogens with one attached hydrogen (secondary N) is 2. The summed E-state index contributed by atoms with van der Waals surface area (Å²) in [5, 5.41) is 15.8. The molecule has 0 aliphatic carbocycles. The van der Waals surface area contributed by atoms with Gasteiger partial charge < -0.3 is 19.7 Å². The van der Waals surface area contributed by atoms with Gasteiger partial charge in [-0.1, -0.05) is 6.07 Å². The summed E-state index contributed by atoms with van der Waals surface area (Å²) in [6.07, 6.45) is 7.46. The van der Waals surface area contributed by atoms with Crippen molar-refractivity contribution in [2.75, 3.05) is 40.4 Å². The van der Waals surface area contributed by atoms with E-state index in [-0.39, 0.29) is 5.91 Å². The van der Waals surface area contributed by atoms with Crippen LogP contribution in [0.3, 0.4) is 0 Å². The van der Waals surface area contributed by atoms with Crippen LogP contribution in [0, 0.1) is 0 Å². The number of nitrogens with zero attached hydrogens (tertiary/aromatic N) is 5. The Balaban J connectivity index is 1.49. The van der Waals surface area contributed by atoms with Gasteiger partial charge in [-0.2, -0.15) is 10.2 Å². The molecule has 0 fully saturated rings. The molecule has 5 rings (SSSR count). The minimum atomic E-state index is -0.138. The molecule has 0 spiro atoms. The zero-order chi connectivity index (χ0) is 25.1. The van der Waals surface area contributed by atoms with Crippen molar-refractivity contribution in [1.29, 1.82) is 0 Å². The quantitative estimate of drug-likeness (QED) is 0.455. The number of pyridine rings is 1. The summed E-state index contributed by atoms with van der Waals surface area (Å²) < 4.78 is 13.8. The minimum absolute atomic E-state index is 0.138. The van der Waals surface area contributed by atoms with Crippen LogP contribution in [0.4, 0.5) is 0 Å². The summed E-state index contributed by atoms with van der Waals surface area (Å²) >= 11 is 0. The van der Waals surface area contributed by atoms with Gasteiger partial charge in [0.15, 0.2) is 0 Å². The molecule has 4 heterocycles. The number of amides is 1. The highest BCUT2D eigenvalue weighted by Gasteiger charge is 2.16. The van der Waals surface area contributed by atoms with Crippen LogP contribution in [0.2, 0.25) is 0 Å². The Morgan fingerprint density at radius 3 is 2.94 bits per heavy atom. The molecule has 2 bridgehead atoms. The third-order valence-corrected chi connectivity index (χ3v) is 6.08. The van der Waals surface area contributed by atoms with Crippen LogP contribution in [0.5, 0.6) is 5.75 Å². The molecule has 0 unspecified atom stereocenters. The standard InChI is InChI=1S/C26H29N7O3/c1-32(2)9-8-27-26(34)18-5-4-17-6-7-21-19-13-22(28-15-23(19)31-30-21)20-14-29-33(3)24(20)16-35-10-11-36-25(17)12-18/h4-7,12-15H,8-11,16H2,1-3H3,(H,27,34)(H,30,31). The fourth-order valence-electron chi connectivity index (χ4n) is 4.04. The van der Waals surface area contributed by atoms with Crippen LogP contribution < -0.4 is 10.1 Å². The Hall–Kier alpha value is -4.02. The van der Waals surface area contributed by atoms with E-state index in [0.717, 1.165) is 45.7 Å². The topological polar surface area (TPSA) is 110 Å². The molecule has 36 heavy (non-hydrogen) atoms. The summed E-state index contributed by atoms with van der Waals surface area (Å²) in [5.74, 6) is 0.467. The molecule has 0 saturated carbocycles. The number of aromatic amines is 1. The molecule has 0 saturated heterocycles. The number of fused-ring (bicyclic) bond motifs is 4. The lowest BCUT2D eigenvalue weighted by molar-refractivity contribution is 0.0851. The summed E-state index contributed by atoms with van der Waals surface area (Å²) in [6, 6.07) is 7.47. The van der Waals surface area contributed by atoms with E-state index in [9.17, 15) is 4.79 Å². The second kappa shape index (κ2) is 10.3. The summed E-state index contributed by atoms with van der Waals surface area (Å²) in [4.78, 5) is 19.3. The number of aromatic nitrogens is 5. The summed E-state index contributed by atoms with van der Waals surface area (Å²) in [6.45, 7) is 2.41. The molecule has 0 radical (unpaired) electrons. The zero-order valence-electron chi connectivity index (χ0n) is 20.6. The first-order valence-electron chi connectivity index (χ1n) is 11.8. The lowest BCUT2D eigenvalue weighted by Gasteiger charge is -2.13. The Morgan fingerprint density at radius 1 is 1.19 bits per heavy atom. The third-order valence-electron chi connectivity index (χ3n) is 6.08. The Bertz CT molecular complexity index is 1420. The summed E-state index contributed by atoms with van der Waals surface area (Å²) in [7, 11) is 5.83. The molecule has 10 heteroatoms. The van der Waals surface area contributed by atoms with Gasteiger partial charge in [0.25, 0.3) is 5.91 Å². The molecular formula is C26H29N7O3. The fourth-order valence-corrected chi connectivity index (χ4v) is 4.04. The number of carbonyl (C=O) groups excluding carboxylic acids is 1. The molecule has 1 aliphatic rings. The monoisotopic (exact) mass is 487 g/mol. The molecular weight excluding hydrogens is 458 g/mol. The lowest BCUT2D eigenvalue weighted by atomic mass is 10.1. The molecule has 4 aromatic rings. The predicted octanol–water partition coefficient (Wildman–Crippen LogP) is 2.73. The Labute approximate surface area is 208 Å². The maximum Gasteiger partial charge on any atom is 0.251 e. The van der Waals surface area contributed by atoms with Crippen molar-refractivity contribution >= 4 is 29.0 Å². The smallest absolute Gasteiger partial charge is 0.251 e. The normalized spacial score (nSPS) is 13.7. The highest BCUT2D eigenvalue weighted by Crippen LogP contribution is 2.28. The average Bonchev–Trinajstić information content (AvgIpc) is 3.44. The van der Waals surface area contributed by atoms with Crippen molar-refractivity contribution in [3.05, 3.63) is 59.2 Å². The first-order valence-corrected chi connectivity index (χ1v) is 11.8. The lowest BCUT2D eigenvalue weighted by Crippen LogP contribution is -2.31. The molecule has 1 aliphatic heterocycles. The zero-order valence-corrected chi connectivity index (χ0v) is 20.6. The van der Waals surface area contributed by atoms with Gasteiger partial charge in [0.05, 0.1) is 48.2 Å². The summed E-state index contributed by atoms with van der Waals surface area (Å²) in [5.41, 5.74) is 5.65. The fraction of sp³-hybridized carbons (Fsp3) is 0.308. The molecule has 2 N–H and O–H groups in total. The minimum Gasteiger partial charge on any atom is -0.491 e. The van der Waals surface area contributed by atoms with E-state index in [2.05, 4.69) is 25.6 Å². The van der Waals surface area contributed by atoms with Crippen LogP contribution in [0.1, 0.15) is 27.3 Å². The number of likely N-dealkylation sites (N-methyl/N-ethyl adjacent to an activating group) is 1. The number of aryl methyl sites for hydroxylation is 1. The first kappa shape index (κ1) is 23.7. The number of benzene rings is 1. The number of carbonyl (C=O) groups is 1. The van der Waals surface area contributed by atoms with Gasteiger partial charge in [0.2, 0.25) is 0 Å². The van der Waals surface area contributed by atoms with E-state index in [1.807, 2.05) is 50.3 Å². The van der Waals surface area contributed by atoms with Crippen LogP contribution in [0.15, 0.2) is 36.7 Å². The van der Waals surface area contributed by atoms with Crippen LogP contribution in [0.25, 0.3) is 34.3 Å². The molecule has 1 amide bonds. The number of hydrogen-bond donors (Lipinski definition) is 2. The predicted molar refractivity (Wildman–Crippen MR) is 137 cm³/mol. The van der Waals surface area contributed by atoms with Crippen molar-refractivity contribution < 1.29 is 14.3 Å². The maximum atomic E-state index is 12.7. The number of ether oxygens (including phenoxy) is 2. The maximum absolute atomic E-state index is 12.7. The van der Waals surface area contributed by atoms with Crippen LogP contribution >= 0.6 is 0 Å². The second-order valence-electron chi connectivity index (χ2n) is 8.90. The van der Waals surface area contributed by atoms with Crippen LogP contribution in [-0.4, -0.2) is 76.2 Å². The largest absolute Gasteiger partial charge is 0.491 e. The second-order valence-corrected chi connectivity index (χ2v) is 8.90. The van der Waals surface area contributed by atoms with E-state index in [1.165, 1.54) is 0 Å². The van der Waals surface area contributed by atoms with Crippen molar-refractivity contribution in [1.82, 2.24) is 35.2 Å². The Morgan fingerprint density at radius 2 is 2.08 bits per heavy atom. The highest BCUT2D eigenvalue weighted by atomic mass is 16.5. The number of hydrogen-bond acceptors (Lipinski definition) is 7. The molecule has 186 valence electrons. The highest BCUT2D eigenvalue weighted by molar-refractivity contribution is 5.95. The van der Waals surface area contributed by atoms with E-state index in [0.29, 0.717) is 37.7 Å². The SMILES string of the molecule is CN(C)CCNC(=O)c1ccc2c(c1)OCCOCc1c(cnn1C)-c1cc3c(n[nH]c3cn1)C=C2. The van der Waals surface area contributed by atoms with Crippen molar-refractivity contribution in [2.24, 2.45) is 7.05 Å². The van der Waals surface area contributed by atoms with Crippen molar-refractivity contribution in [2.45, 2.75) is 6.61 Å². The van der Waals surface area contributed by atoms with Gasteiger partial charge in [-0.25, -0.2) is 0 Å². The first-order chi connectivity index (χ1) is 17.5. The molecule has 3 aromatic heterocycles. The molecule has 10 nitrogen and oxygen atoms in total. The van der Waals surface area contributed by atoms with Crippen molar-refractivity contribution in [3.63, 3.8) is 0 Å². The van der Waals surface area contributed by atoms with Gasteiger partial charge in [-0.3, -0.25) is 19.6 Å². The third kappa shape index (κ3) is 5.00. The van der Waals surface area contributed by atoms with Gasteiger partial charge in [0.1, 0.15) is 12.4 Å². The Kier molecular flexibility index (Phi) is 6.79.